The fourth-order valence-electron chi connectivity index (χ4n) is 1.80. The van der Waals surface area contributed by atoms with E-state index >= 15 is 0 Å². The normalized spacial score (nSPS) is 10.1. The number of phenolic OH excluding ortho intramolecular Hbond substituents is 1. The van der Waals surface area contributed by atoms with Crippen molar-refractivity contribution in [3.05, 3.63) is 53.1 Å². The SMILES string of the molecule is O=C(CCOc1ccccc1Cl)Nc1ccc(C(=O)O)cc1O. The van der Waals surface area contributed by atoms with Gasteiger partial charge in [0, 0.05) is 0 Å². The average Bonchev–Trinajstić information content (AvgIpc) is 2.51. The highest BCUT2D eigenvalue weighted by molar-refractivity contribution is 6.32. The number of aromatic carboxylic acids is 1. The van der Waals surface area contributed by atoms with Gasteiger partial charge < -0.3 is 20.3 Å². The number of para-hydroxylation sites is 1. The summed E-state index contributed by atoms with van der Waals surface area (Å²) in [6.45, 7) is 0.115. The summed E-state index contributed by atoms with van der Waals surface area (Å²) in [6.07, 6.45) is 0.0470. The number of amides is 1. The molecule has 120 valence electrons. The van der Waals surface area contributed by atoms with E-state index in [1.807, 2.05) is 0 Å². The molecular weight excluding hydrogens is 322 g/mol. The largest absolute Gasteiger partial charge is 0.506 e. The minimum absolute atomic E-state index is 0.0470. The lowest BCUT2D eigenvalue weighted by molar-refractivity contribution is -0.116. The van der Waals surface area contributed by atoms with Gasteiger partial charge in [-0.05, 0) is 30.3 Å². The Hall–Kier alpha value is -2.73. The van der Waals surface area contributed by atoms with Crippen molar-refractivity contribution < 1.29 is 24.5 Å². The van der Waals surface area contributed by atoms with Crippen LogP contribution in [0.4, 0.5) is 5.69 Å². The van der Waals surface area contributed by atoms with Crippen molar-refractivity contribution in [2.24, 2.45) is 0 Å². The maximum atomic E-state index is 11.8. The second kappa shape index (κ2) is 7.51. The van der Waals surface area contributed by atoms with Gasteiger partial charge in [0.25, 0.3) is 0 Å². The summed E-state index contributed by atoms with van der Waals surface area (Å²) in [4.78, 5) is 22.6. The van der Waals surface area contributed by atoms with E-state index in [9.17, 15) is 14.7 Å². The Morgan fingerprint density at radius 1 is 1.17 bits per heavy atom. The standard InChI is InChI=1S/C16H14ClNO5/c17-11-3-1-2-4-14(11)23-8-7-15(20)18-12-6-5-10(16(21)22)9-13(12)19/h1-6,9,19H,7-8H2,(H,18,20)(H,21,22). The highest BCUT2D eigenvalue weighted by Crippen LogP contribution is 2.25. The lowest BCUT2D eigenvalue weighted by atomic mass is 10.2. The number of hydrogen-bond donors (Lipinski definition) is 3. The van der Waals surface area contributed by atoms with Gasteiger partial charge in [0.1, 0.15) is 11.5 Å². The molecule has 0 aromatic heterocycles. The van der Waals surface area contributed by atoms with Crippen LogP contribution in [0.25, 0.3) is 0 Å². The monoisotopic (exact) mass is 335 g/mol. The molecule has 0 saturated heterocycles. The molecule has 2 aromatic carbocycles. The molecule has 0 saturated carbocycles. The van der Waals surface area contributed by atoms with Gasteiger partial charge in [-0.2, -0.15) is 0 Å². The minimum Gasteiger partial charge on any atom is -0.506 e. The number of carbonyl (C=O) groups excluding carboxylic acids is 1. The fourth-order valence-corrected chi connectivity index (χ4v) is 1.99. The van der Waals surface area contributed by atoms with Crippen molar-refractivity contribution in [1.29, 1.82) is 0 Å². The topological polar surface area (TPSA) is 95.9 Å². The third-order valence-electron chi connectivity index (χ3n) is 2.94. The molecule has 0 unspecified atom stereocenters. The molecular formula is C16H14ClNO5. The molecule has 0 radical (unpaired) electrons. The van der Waals surface area contributed by atoms with E-state index in [4.69, 9.17) is 21.4 Å². The summed E-state index contributed by atoms with van der Waals surface area (Å²) in [5.74, 6) is -1.37. The number of anilines is 1. The first-order valence-corrected chi connectivity index (χ1v) is 7.08. The van der Waals surface area contributed by atoms with Crippen molar-refractivity contribution in [1.82, 2.24) is 0 Å². The van der Waals surface area contributed by atoms with Gasteiger partial charge in [0.15, 0.2) is 0 Å². The van der Waals surface area contributed by atoms with E-state index in [2.05, 4.69) is 5.32 Å². The molecule has 23 heavy (non-hydrogen) atoms. The summed E-state index contributed by atoms with van der Waals surface area (Å²) >= 11 is 5.92. The highest BCUT2D eigenvalue weighted by Gasteiger charge is 2.10. The maximum Gasteiger partial charge on any atom is 0.335 e. The maximum absolute atomic E-state index is 11.8. The Morgan fingerprint density at radius 2 is 1.91 bits per heavy atom. The average molecular weight is 336 g/mol. The number of nitrogens with one attached hydrogen (secondary N) is 1. The lowest BCUT2D eigenvalue weighted by Gasteiger charge is -2.09. The predicted molar refractivity (Wildman–Crippen MR) is 85.3 cm³/mol. The van der Waals surface area contributed by atoms with Crippen LogP contribution in [0.3, 0.4) is 0 Å². The molecule has 0 aliphatic rings. The molecule has 0 aliphatic heterocycles. The first kappa shape index (κ1) is 16.6. The first-order valence-electron chi connectivity index (χ1n) is 6.71. The summed E-state index contributed by atoms with van der Waals surface area (Å²) in [5.41, 5.74) is 0.0697. The second-order valence-corrected chi connectivity index (χ2v) is 5.02. The highest BCUT2D eigenvalue weighted by atomic mass is 35.5. The number of ether oxygens (including phenoxy) is 1. The summed E-state index contributed by atoms with van der Waals surface area (Å²) in [7, 11) is 0. The Bertz CT molecular complexity index is 732. The molecule has 2 aromatic rings. The van der Waals surface area contributed by atoms with Crippen LogP contribution in [0.5, 0.6) is 11.5 Å². The van der Waals surface area contributed by atoms with Gasteiger partial charge >= 0.3 is 5.97 Å². The molecule has 1 amide bonds. The third kappa shape index (κ3) is 4.62. The number of carboxylic acid groups (broad SMARTS) is 1. The molecule has 3 N–H and O–H groups in total. The van der Waals surface area contributed by atoms with E-state index < -0.39 is 5.97 Å². The fraction of sp³-hybridized carbons (Fsp3) is 0.125. The van der Waals surface area contributed by atoms with Crippen LogP contribution in [0.2, 0.25) is 5.02 Å². The second-order valence-electron chi connectivity index (χ2n) is 4.61. The van der Waals surface area contributed by atoms with Gasteiger partial charge in [0.05, 0.1) is 29.3 Å². The molecule has 0 fully saturated rings. The molecule has 6 nitrogen and oxygen atoms in total. The predicted octanol–water partition coefficient (Wildman–Crippen LogP) is 3.15. The number of carbonyl (C=O) groups is 2. The molecule has 2 rings (SSSR count). The van der Waals surface area contributed by atoms with Crippen LogP contribution in [-0.4, -0.2) is 28.7 Å². The lowest BCUT2D eigenvalue weighted by Crippen LogP contribution is -2.15. The molecule has 0 bridgehead atoms. The summed E-state index contributed by atoms with van der Waals surface area (Å²) < 4.78 is 5.39. The van der Waals surface area contributed by atoms with Crippen molar-refractivity contribution in [2.45, 2.75) is 6.42 Å². The zero-order valence-electron chi connectivity index (χ0n) is 12.0. The Morgan fingerprint density at radius 3 is 2.57 bits per heavy atom. The number of phenols is 1. The van der Waals surface area contributed by atoms with Crippen molar-refractivity contribution in [3.8, 4) is 11.5 Å². The Balaban J connectivity index is 1.88. The number of hydrogen-bond acceptors (Lipinski definition) is 4. The van der Waals surface area contributed by atoms with Gasteiger partial charge in [-0.25, -0.2) is 4.79 Å². The number of carboxylic acids is 1. The number of benzene rings is 2. The summed E-state index contributed by atoms with van der Waals surface area (Å²) in [5, 5.41) is 21.4. The van der Waals surface area contributed by atoms with Crippen molar-refractivity contribution in [2.75, 3.05) is 11.9 Å². The molecule has 0 aliphatic carbocycles. The van der Waals surface area contributed by atoms with Crippen LogP contribution < -0.4 is 10.1 Å². The molecule has 0 atom stereocenters. The molecule has 7 heteroatoms. The smallest absolute Gasteiger partial charge is 0.335 e. The van der Waals surface area contributed by atoms with Crippen LogP contribution in [-0.2, 0) is 4.79 Å². The van der Waals surface area contributed by atoms with Gasteiger partial charge in [0.2, 0.25) is 5.91 Å². The van der Waals surface area contributed by atoms with Crippen molar-refractivity contribution >= 4 is 29.2 Å². The van der Waals surface area contributed by atoms with E-state index in [-0.39, 0.29) is 35.9 Å². The minimum atomic E-state index is -1.16. The first-order chi connectivity index (χ1) is 11.0. The van der Waals surface area contributed by atoms with Crippen LogP contribution >= 0.6 is 11.6 Å². The van der Waals surface area contributed by atoms with Crippen LogP contribution in [0.1, 0.15) is 16.8 Å². The van der Waals surface area contributed by atoms with E-state index in [1.165, 1.54) is 12.1 Å². The molecule has 0 spiro atoms. The van der Waals surface area contributed by atoms with E-state index in [0.717, 1.165) is 6.07 Å². The molecule has 0 heterocycles. The van der Waals surface area contributed by atoms with Crippen molar-refractivity contribution in [3.63, 3.8) is 0 Å². The van der Waals surface area contributed by atoms with Gasteiger partial charge in [-0.3, -0.25) is 4.79 Å². The zero-order chi connectivity index (χ0) is 16.8. The number of halogens is 1. The zero-order valence-corrected chi connectivity index (χ0v) is 12.7. The van der Waals surface area contributed by atoms with Crippen LogP contribution in [0, 0.1) is 0 Å². The van der Waals surface area contributed by atoms with E-state index in [1.54, 1.807) is 24.3 Å². The van der Waals surface area contributed by atoms with Crippen LogP contribution in [0.15, 0.2) is 42.5 Å². The Kier molecular flexibility index (Phi) is 5.43. The van der Waals surface area contributed by atoms with Gasteiger partial charge in [-0.15, -0.1) is 0 Å². The Labute approximate surface area is 137 Å². The summed E-state index contributed by atoms with van der Waals surface area (Å²) in [6, 6.07) is 10.6. The third-order valence-corrected chi connectivity index (χ3v) is 3.25. The van der Waals surface area contributed by atoms with E-state index in [0.29, 0.717) is 10.8 Å². The number of rotatable bonds is 6. The van der Waals surface area contributed by atoms with Gasteiger partial charge in [-0.1, -0.05) is 23.7 Å². The quantitative estimate of drug-likeness (QED) is 0.705. The number of aromatic hydroxyl groups is 1.